The summed E-state index contributed by atoms with van der Waals surface area (Å²) in [4.78, 5) is 29.3. The van der Waals surface area contributed by atoms with Gasteiger partial charge in [0, 0.05) is 24.1 Å². The number of benzene rings is 1. The number of nitrogens with one attached hydrogen (secondary N) is 1. The van der Waals surface area contributed by atoms with Crippen LogP contribution in [0, 0.1) is 22.7 Å². The van der Waals surface area contributed by atoms with Crippen molar-refractivity contribution in [3.8, 4) is 5.75 Å². The summed E-state index contributed by atoms with van der Waals surface area (Å²) in [6.07, 6.45) is -5.53. The van der Waals surface area contributed by atoms with Gasteiger partial charge in [-0.1, -0.05) is 20.8 Å². The molecule has 1 aromatic carbocycles. The van der Waals surface area contributed by atoms with E-state index in [9.17, 15) is 43.2 Å². The van der Waals surface area contributed by atoms with Gasteiger partial charge in [0.25, 0.3) is 5.91 Å². The first kappa shape index (κ1) is 32.5. The number of carbonyl (C=O) groups excluding carboxylic acids is 2. The number of phenols is 1. The molecule has 3 aliphatic rings. The van der Waals surface area contributed by atoms with E-state index in [0.29, 0.717) is 0 Å². The second-order valence-corrected chi connectivity index (χ2v) is 13.2. The van der Waals surface area contributed by atoms with Crippen molar-refractivity contribution in [3.63, 3.8) is 0 Å². The van der Waals surface area contributed by atoms with Crippen LogP contribution >= 0.6 is 0 Å². The number of fused-ring (bicyclic) bond motifs is 3. The number of Topliss-reactive ketones (excluding diaryl/α,β-unsaturated/α-hetero) is 1. The predicted molar refractivity (Wildman–Crippen MR) is 152 cm³/mol. The summed E-state index contributed by atoms with van der Waals surface area (Å²) in [5.41, 5.74) is -1.93. The van der Waals surface area contributed by atoms with Gasteiger partial charge in [0.15, 0.2) is 5.60 Å². The summed E-state index contributed by atoms with van der Waals surface area (Å²) in [6, 6.07) is -0.396. The van der Waals surface area contributed by atoms with Crippen molar-refractivity contribution < 1.29 is 43.2 Å². The van der Waals surface area contributed by atoms with Crippen LogP contribution in [0.15, 0.2) is 23.0 Å². The maximum Gasteiger partial charge on any atom is 0.417 e. The molecule has 0 aromatic heterocycles. The Kier molecular flexibility index (Phi) is 7.82. The van der Waals surface area contributed by atoms with E-state index >= 15 is 0 Å². The van der Waals surface area contributed by atoms with E-state index in [1.54, 1.807) is 11.9 Å². The molecule has 0 saturated heterocycles. The molecule has 1 aromatic rings. The average molecular weight is 609 g/mol. The number of carbonyl (C=O) groups is 2. The Bertz CT molecular complexity index is 1480. The minimum Gasteiger partial charge on any atom is -0.510 e. The number of phenolic OH excluding ortho intramolecular Hbond substituents is 1. The molecule has 1 saturated carbocycles. The minimum absolute atomic E-state index is 0.143. The Morgan fingerprint density at radius 2 is 1.77 bits per heavy atom. The standard InChI is InChI=1S/C30H39F3N4O6/c1-12(28(2,3)4)37(7)11-14-10-17(38)19-15(21(14)30(31,32)33)8-13-9-16-22(36(5)6)24(40)20(27(35)42)25(34)29(16,43)26(41)18(13)23(19)39/h10,12-13,16,22,34,38-40,43H,8-9,11H2,1-7H3,(H2,35,42)/t12-,13+,16+,22+,29-/m1/s1. The van der Waals surface area contributed by atoms with Crippen LogP contribution in [0.25, 0.3) is 5.76 Å². The van der Waals surface area contributed by atoms with Crippen LogP contribution in [0.3, 0.4) is 0 Å². The van der Waals surface area contributed by atoms with E-state index in [1.807, 2.05) is 27.7 Å². The molecule has 10 nitrogen and oxygen atoms in total. The molecule has 0 unspecified atom stereocenters. The molecular weight excluding hydrogens is 569 g/mol. The van der Waals surface area contributed by atoms with Gasteiger partial charge in [0.1, 0.15) is 22.8 Å². The number of nitrogens with zero attached hydrogens (tertiary/aromatic N) is 2. The number of ketones is 1. The third-order valence-corrected chi connectivity index (χ3v) is 9.48. The normalized spacial score (nSPS) is 27.0. The summed E-state index contributed by atoms with van der Waals surface area (Å²) in [5.74, 6) is -7.01. The number of halogens is 3. The zero-order valence-electron chi connectivity index (χ0n) is 25.2. The molecule has 4 rings (SSSR count). The number of alkyl halides is 3. The SMILES string of the molecule is C[C@@H](N(C)Cc1cc(O)c2c(c1C(F)(F)F)C[C@H]1C[C@H]3[C@H](N(C)C)C(O)=C(C(N)=O)C(=N)[C@@]3(O)C(=O)C1=C2O)C(C)(C)C. The lowest BCUT2D eigenvalue weighted by Gasteiger charge is -2.51. The first-order valence-corrected chi connectivity index (χ1v) is 13.9. The maximum atomic E-state index is 14.8. The van der Waals surface area contributed by atoms with E-state index in [-0.39, 0.29) is 35.5 Å². The summed E-state index contributed by atoms with van der Waals surface area (Å²) >= 11 is 0. The van der Waals surface area contributed by atoms with Crippen molar-refractivity contribution in [2.75, 3.05) is 21.1 Å². The van der Waals surface area contributed by atoms with Crippen molar-refractivity contribution in [1.82, 2.24) is 9.80 Å². The van der Waals surface area contributed by atoms with Crippen LogP contribution in [-0.2, 0) is 28.7 Å². The molecule has 0 radical (unpaired) electrons. The van der Waals surface area contributed by atoms with Gasteiger partial charge in [0.2, 0.25) is 5.78 Å². The Morgan fingerprint density at radius 3 is 2.26 bits per heavy atom. The smallest absolute Gasteiger partial charge is 0.417 e. The van der Waals surface area contributed by atoms with Crippen molar-refractivity contribution in [1.29, 1.82) is 5.41 Å². The van der Waals surface area contributed by atoms with Crippen LogP contribution < -0.4 is 5.73 Å². The number of likely N-dealkylation sites (N-methyl/N-ethyl adjacent to an activating group) is 1. The zero-order valence-corrected chi connectivity index (χ0v) is 25.2. The van der Waals surface area contributed by atoms with Gasteiger partial charge >= 0.3 is 6.18 Å². The number of primary amides is 1. The number of amides is 1. The number of nitrogens with two attached hydrogens (primary N) is 1. The van der Waals surface area contributed by atoms with Gasteiger partial charge in [-0.15, -0.1) is 0 Å². The van der Waals surface area contributed by atoms with Gasteiger partial charge in [-0.3, -0.25) is 19.4 Å². The monoisotopic (exact) mass is 608 g/mol. The first-order valence-electron chi connectivity index (χ1n) is 13.9. The summed E-state index contributed by atoms with van der Waals surface area (Å²) in [6.45, 7) is 7.60. The van der Waals surface area contributed by atoms with Crippen molar-refractivity contribution >= 4 is 23.2 Å². The van der Waals surface area contributed by atoms with E-state index in [0.717, 1.165) is 6.07 Å². The van der Waals surface area contributed by atoms with Crippen LogP contribution in [-0.4, -0.2) is 86.5 Å². The molecule has 1 fully saturated rings. The molecule has 0 bridgehead atoms. The highest BCUT2D eigenvalue weighted by Gasteiger charge is 2.63. The van der Waals surface area contributed by atoms with E-state index in [4.69, 9.17) is 11.1 Å². The van der Waals surface area contributed by atoms with Gasteiger partial charge in [-0.2, -0.15) is 13.2 Å². The van der Waals surface area contributed by atoms with Gasteiger partial charge in [-0.05, 0) is 69.4 Å². The number of aliphatic hydroxyl groups excluding tert-OH is 2. The quantitative estimate of drug-likeness (QED) is 0.296. The Hall–Kier alpha value is -3.42. The van der Waals surface area contributed by atoms with Crippen molar-refractivity contribution in [2.45, 2.75) is 70.9 Å². The third-order valence-electron chi connectivity index (χ3n) is 9.48. The number of aromatic hydroxyl groups is 1. The second-order valence-electron chi connectivity index (χ2n) is 13.2. The van der Waals surface area contributed by atoms with Crippen LogP contribution in [0.5, 0.6) is 5.75 Å². The molecule has 5 atom stereocenters. The topological polar surface area (TPSA) is 171 Å². The molecule has 0 spiro atoms. The molecule has 1 amide bonds. The Labute approximate surface area is 247 Å². The Balaban J connectivity index is 1.94. The molecule has 43 heavy (non-hydrogen) atoms. The average Bonchev–Trinajstić information content (AvgIpc) is 2.83. The fourth-order valence-electron chi connectivity index (χ4n) is 6.98. The fourth-order valence-corrected chi connectivity index (χ4v) is 6.98. The molecule has 13 heteroatoms. The lowest BCUT2D eigenvalue weighted by atomic mass is 9.56. The maximum absolute atomic E-state index is 14.8. The molecule has 0 heterocycles. The fraction of sp³-hybridized carbons (Fsp3) is 0.567. The van der Waals surface area contributed by atoms with E-state index < -0.39 is 93.0 Å². The summed E-state index contributed by atoms with van der Waals surface area (Å²) in [5, 5.41) is 53.5. The zero-order chi connectivity index (χ0) is 32.7. The highest BCUT2D eigenvalue weighted by molar-refractivity contribution is 6.33. The van der Waals surface area contributed by atoms with Gasteiger partial charge in [-0.25, -0.2) is 0 Å². The van der Waals surface area contributed by atoms with E-state index in [2.05, 4.69) is 0 Å². The highest BCUT2D eigenvalue weighted by Crippen LogP contribution is 2.54. The first-order chi connectivity index (χ1) is 19.6. The molecular formula is C30H39F3N4O6. The number of hydrogen-bond acceptors (Lipinski definition) is 9. The van der Waals surface area contributed by atoms with Crippen LogP contribution in [0.2, 0.25) is 0 Å². The molecule has 0 aliphatic heterocycles. The minimum atomic E-state index is -4.88. The second kappa shape index (κ2) is 10.3. The lowest BCUT2D eigenvalue weighted by Crippen LogP contribution is -2.67. The number of aliphatic hydroxyl groups is 3. The number of rotatable bonds is 5. The molecule has 236 valence electrons. The summed E-state index contributed by atoms with van der Waals surface area (Å²) < 4.78 is 44.3. The molecule has 3 aliphatic carbocycles. The molecule has 7 N–H and O–H groups in total. The Morgan fingerprint density at radius 1 is 1.19 bits per heavy atom. The lowest BCUT2D eigenvalue weighted by molar-refractivity contribution is -0.139. The van der Waals surface area contributed by atoms with Gasteiger partial charge < -0.3 is 31.6 Å². The van der Waals surface area contributed by atoms with Gasteiger partial charge in [0.05, 0.1) is 22.9 Å². The van der Waals surface area contributed by atoms with Crippen molar-refractivity contribution in [2.24, 2.45) is 23.0 Å². The number of hydrogen-bond donors (Lipinski definition) is 6. The van der Waals surface area contributed by atoms with Crippen molar-refractivity contribution in [3.05, 3.63) is 45.2 Å². The predicted octanol–water partition coefficient (Wildman–Crippen LogP) is 3.30. The van der Waals surface area contributed by atoms with Crippen LogP contribution in [0.1, 0.15) is 56.4 Å². The summed E-state index contributed by atoms with van der Waals surface area (Å²) in [7, 11) is 4.68. The van der Waals surface area contributed by atoms with Crippen LogP contribution in [0.4, 0.5) is 13.2 Å². The van der Waals surface area contributed by atoms with E-state index in [1.165, 1.54) is 19.0 Å². The largest absolute Gasteiger partial charge is 0.510 e. The highest BCUT2D eigenvalue weighted by atomic mass is 19.4. The third kappa shape index (κ3) is 4.91.